The molecule has 0 radical (unpaired) electrons. The summed E-state index contributed by atoms with van der Waals surface area (Å²) in [6, 6.07) is 7.97. The molecule has 0 atom stereocenters. The standard InChI is InChI=1S/C17H25N3O/c1-17(8-4-5-9-17)16(21)20-12-10-19(11-13-20)15-7-3-2-6-14(15)18/h2-3,6-7H,4-5,8-13,18H2,1H3. The van der Waals surface area contributed by atoms with Gasteiger partial charge in [0.1, 0.15) is 0 Å². The van der Waals surface area contributed by atoms with Crippen LogP contribution in [0.15, 0.2) is 24.3 Å². The van der Waals surface area contributed by atoms with Crippen LogP contribution in [-0.4, -0.2) is 37.0 Å². The van der Waals surface area contributed by atoms with Gasteiger partial charge in [-0.1, -0.05) is 31.9 Å². The molecule has 1 aliphatic heterocycles. The van der Waals surface area contributed by atoms with Gasteiger partial charge in [0, 0.05) is 31.6 Å². The van der Waals surface area contributed by atoms with Gasteiger partial charge in [-0.15, -0.1) is 0 Å². The molecule has 21 heavy (non-hydrogen) atoms. The van der Waals surface area contributed by atoms with E-state index in [1.165, 1.54) is 12.8 Å². The van der Waals surface area contributed by atoms with Crippen molar-refractivity contribution in [1.29, 1.82) is 0 Å². The fourth-order valence-electron chi connectivity index (χ4n) is 3.68. The van der Waals surface area contributed by atoms with E-state index >= 15 is 0 Å². The maximum Gasteiger partial charge on any atom is 0.228 e. The lowest BCUT2D eigenvalue weighted by Crippen LogP contribution is -2.52. The number of piperazine rings is 1. The van der Waals surface area contributed by atoms with E-state index in [9.17, 15) is 4.79 Å². The fraction of sp³-hybridized carbons (Fsp3) is 0.588. The van der Waals surface area contributed by atoms with E-state index in [2.05, 4.69) is 22.8 Å². The lowest BCUT2D eigenvalue weighted by Gasteiger charge is -2.39. The Morgan fingerprint density at radius 1 is 1.10 bits per heavy atom. The Hall–Kier alpha value is -1.71. The van der Waals surface area contributed by atoms with Crippen LogP contribution in [0.3, 0.4) is 0 Å². The number of hydrogen-bond acceptors (Lipinski definition) is 3. The third kappa shape index (κ3) is 2.71. The average Bonchev–Trinajstić information content (AvgIpc) is 2.95. The number of amides is 1. The van der Waals surface area contributed by atoms with Crippen molar-refractivity contribution in [2.75, 3.05) is 36.8 Å². The highest BCUT2D eigenvalue weighted by Crippen LogP contribution is 2.39. The zero-order valence-electron chi connectivity index (χ0n) is 12.8. The van der Waals surface area contributed by atoms with Crippen molar-refractivity contribution in [3.8, 4) is 0 Å². The normalized spacial score (nSPS) is 21.6. The molecule has 4 heteroatoms. The molecule has 1 heterocycles. The summed E-state index contributed by atoms with van der Waals surface area (Å²) < 4.78 is 0. The minimum Gasteiger partial charge on any atom is -0.397 e. The number of carbonyl (C=O) groups excluding carboxylic acids is 1. The average molecular weight is 287 g/mol. The van der Waals surface area contributed by atoms with Crippen molar-refractivity contribution in [1.82, 2.24) is 4.90 Å². The van der Waals surface area contributed by atoms with Crippen molar-refractivity contribution < 1.29 is 4.79 Å². The molecule has 3 rings (SSSR count). The number of carbonyl (C=O) groups is 1. The van der Waals surface area contributed by atoms with Crippen LogP contribution in [0.5, 0.6) is 0 Å². The first-order chi connectivity index (χ1) is 10.1. The van der Waals surface area contributed by atoms with Crippen molar-refractivity contribution >= 4 is 17.3 Å². The molecule has 1 saturated heterocycles. The first kappa shape index (κ1) is 14.2. The van der Waals surface area contributed by atoms with E-state index in [1.54, 1.807) is 0 Å². The van der Waals surface area contributed by atoms with Crippen molar-refractivity contribution in [2.24, 2.45) is 5.41 Å². The monoisotopic (exact) mass is 287 g/mol. The van der Waals surface area contributed by atoms with Gasteiger partial charge in [0.15, 0.2) is 0 Å². The molecule has 1 aromatic rings. The number of hydrogen-bond donors (Lipinski definition) is 1. The van der Waals surface area contributed by atoms with E-state index in [4.69, 9.17) is 5.73 Å². The maximum absolute atomic E-state index is 12.7. The van der Waals surface area contributed by atoms with E-state index in [-0.39, 0.29) is 5.41 Å². The number of benzene rings is 1. The highest BCUT2D eigenvalue weighted by molar-refractivity contribution is 5.83. The first-order valence-corrected chi connectivity index (χ1v) is 7.99. The number of anilines is 2. The smallest absolute Gasteiger partial charge is 0.228 e. The molecule has 0 bridgehead atoms. The van der Waals surface area contributed by atoms with Crippen molar-refractivity contribution in [3.05, 3.63) is 24.3 Å². The summed E-state index contributed by atoms with van der Waals surface area (Å²) in [5.74, 6) is 0.362. The molecule has 2 aliphatic rings. The lowest BCUT2D eigenvalue weighted by molar-refractivity contribution is -0.141. The highest BCUT2D eigenvalue weighted by atomic mass is 16.2. The van der Waals surface area contributed by atoms with E-state index in [1.807, 2.05) is 18.2 Å². The minimum absolute atomic E-state index is 0.103. The molecular weight excluding hydrogens is 262 g/mol. The van der Waals surface area contributed by atoms with Gasteiger partial charge in [-0.05, 0) is 25.0 Å². The number of nitrogens with two attached hydrogens (primary N) is 1. The lowest BCUT2D eigenvalue weighted by atomic mass is 9.87. The molecule has 2 N–H and O–H groups in total. The van der Waals surface area contributed by atoms with Crippen LogP contribution in [0, 0.1) is 5.41 Å². The van der Waals surface area contributed by atoms with E-state index in [0.29, 0.717) is 5.91 Å². The maximum atomic E-state index is 12.7. The highest BCUT2D eigenvalue weighted by Gasteiger charge is 2.39. The molecule has 1 amide bonds. The van der Waals surface area contributed by atoms with Gasteiger partial charge in [0.25, 0.3) is 0 Å². The Bertz CT molecular complexity index is 515. The van der Waals surface area contributed by atoms with Gasteiger partial charge in [-0.25, -0.2) is 0 Å². The largest absolute Gasteiger partial charge is 0.397 e. The van der Waals surface area contributed by atoms with Crippen molar-refractivity contribution in [3.63, 3.8) is 0 Å². The van der Waals surface area contributed by atoms with Crippen LogP contribution in [0.2, 0.25) is 0 Å². The second-order valence-electron chi connectivity index (χ2n) is 6.61. The van der Waals surface area contributed by atoms with Gasteiger partial charge in [0.2, 0.25) is 5.91 Å². The topological polar surface area (TPSA) is 49.6 Å². The number of para-hydroxylation sites is 2. The van der Waals surface area contributed by atoms with Gasteiger partial charge < -0.3 is 15.5 Å². The molecule has 2 fully saturated rings. The summed E-state index contributed by atoms with van der Waals surface area (Å²) in [4.78, 5) is 17.1. The Morgan fingerprint density at radius 2 is 1.71 bits per heavy atom. The van der Waals surface area contributed by atoms with Crippen LogP contribution in [-0.2, 0) is 4.79 Å². The Morgan fingerprint density at radius 3 is 2.33 bits per heavy atom. The Balaban J connectivity index is 1.63. The van der Waals surface area contributed by atoms with E-state index in [0.717, 1.165) is 50.4 Å². The summed E-state index contributed by atoms with van der Waals surface area (Å²) in [6.45, 7) is 5.50. The van der Waals surface area contributed by atoms with Gasteiger partial charge in [-0.3, -0.25) is 4.79 Å². The van der Waals surface area contributed by atoms with E-state index < -0.39 is 0 Å². The summed E-state index contributed by atoms with van der Waals surface area (Å²) in [7, 11) is 0. The summed E-state index contributed by atoms with van der Waals surface area (Å²) in [5.41, 5.74) is 7.85. The van der Waals surface area contributed by atoms with Crippen LogP contribution >= 0.6 is 0 Å². The Kier molecular flexibility index (Phi) is 3.79. The van der Waals surface area contributed by atoms with Crippen LogP contribution in [0.4, 0.5) is 11.4 Å². The molecule has 0 spiro atoms. The fourth-order valence-corrected chi connectivity index (χ4v) is 3.68. The van der Waals surface area contributed by atoms with Crippen LogP contribution < -0.4 is 10.6 Å². The number of nitrogen functional groups attached to an aromatic ring is 1. The number of rotatable bonds is 2. The molecule has 0 unspecified atom stereocenters. The third-order valence-corrected chi connectivity index (χ3v) is 5.07. The molecule has 1 aromatic carbocycles. The van der Waals surface area contributed by atoms with Gasteiger partial charge in [-0.2, -0.15) is 0 Å². The predicted molar refractivity (Wildman–Crippen MR) is 86.2 cm³/mol. The molecule has 0 aromatic heterocycles. The van der Waals surface area contributed by atoms with Gasteiger partial charge >= 0.3 is 0 Å². The predicted octanol–water partition coefficient (Wildman–Crippen LogP) is 2.50. The second-order valence-corrected chi connectivity index (χ2v) is 6.61. The molecule has 114 valence electrons. The molecule has 1 saturated carbocycles. The Labute approximate surface area is 126 Å². The molecular formula is C17H25N3O. The summed E-state index contributed by atoms with van der Waals surface area (Å²) in [6.07, 6.45) is 4.50. The number of nitrogens with zero attached hydrogens (tertiary/aromatic N) is 2. The summed E-state index contributed by atoms with van der Waals surface area (Å²) in [5, 5.41) is 0. The second kappa shape index (κ2) is 5.58. The van der Waals surface area contributed by atoms with Crippen LogP contribution in [0.25, 0.3) is 0 Å². The molecule has 1 aliphatic carbocycles. The third-order valence-electron chi connectivity index (χ3n) is 5.07. The van der Waals surface area contributed by atoms with Gasteiger partial charge in [0.05, 0.1) is 11.4 Å². The molecule has 4 nitrogen and oxygen atoms in total. The zero-order chi connectivity index (χ0) is 14.9. The zero-order valence-corrected chi connectivity index (χ0v) is 12.8. The quantitative estimate of drug-likeness (QED) is 0.850. The SMILES string of the molecule is CC1(C(=O)N2CCN(c3ccccc3N)CC2)CCCC1. The summed E-state index contributed by atoms with van der Waals surface area (Å²) >= 11 is 0. The first-order valence-electron chi connectivity index (χ1n) is 7.99. The minimum atomic E-state index is -0.103. The van der Waals surface area contributed by atoms with Crippen LogP contribution in [0.1, 0.15) is 32.6 Å². The van der Waals surface area contributed by atoms with Crippen molar-refractivity contribution in [2.45, 2.75) is 32.6 Å².